The Morgan fingerprint density at radius 1 is 1.04 bits per heavy atom. The van der Waals surface area contributed by atoms with Crippen molar-refractivity contribution in [1.29, 1.82) is 0 Å². The summed E-state index contributed by atoms with van der Waals surface area (Å²) in [5.41, 5.74) is 0.831. The van der Waals surface area contributed by atoms with Crippen LogP contribution in [-0.4, -0.2) is 43.0 Å². The largest absolute Gasteiger partial charge is 0.484 e. The number of carbonyl (C=O) groups excluding carboxylic acids is 2. The predicted octanol–water partition coefficient (Wildman–Crippen LogP) is 2.08. The molecule has 2 aromatic carbocycles. The second kappa shape index (κ2) is 7.12. The lowest BCUT2D eigenvalue weighted by atomic mass is 10.2. The standard InChI is InChI=1S/C18H17FN2O3/c19-14-6-8-16(9-7-14)24-13-18(23)20-10-11-21(17(22)12-20)15-4-2-1-3-5-15/h1-9H,10-13H2. The summed E-state index contributed by atoms with van der Waals surface area (Å²) in [4.78, 5) is 27.6. The first kappa shape index (κ1) is 16.0. The number of ether oxygens (including phenoxy) is 1. The number of halogens is 1. The third-order valence-corrected chi connectivity index (χ3v) is 3.82. The molecule has 1 heterocycles. The first-order valence-electron chi connectivity index (χ1n) is 7.65. The van der Waals surface area contributed by atoms with Crippen molar-refractivity contribution in [2.24, 2.45) is 0 Å². The molecule has 0 bridgehead atoms. The molecular weight excluding hydrogens is 311 g/mol. The molecule has 0 saturated carbocycles. The van der Waals surface area contributed by atoms with E-state index < -0.39 is 0 Å². The lowest BCUT2D eigenvalue weighted by Gasteiger charge is -2.34. The van der Waals surface area contributed by atoms with Crippen LogP contribution in [0, 0.1) is 5.82 Å². The average molecular weight is 328 g/mol. The zero-order valence-corrected chi connectivity index (χ0v) is 13.0. The number of para-hydroxylation sites is 1. The summed E-state index contributed by atoms with van der Waals surface area (Å²) >= 11 is 0. The van der Waals surface area contributed by atoms with Gasteiger partial charge < -0.3 is 14.5 Å². The Morgan fingerprint density at radius 2 is 1.75 bits per heavy atom. The molecule has 0 N–H and O–H groups in total. The molecule has 0 spiro atoms. The Kier molecular flexibility index (Phi) is 4.74. The molecule has 0 atom stereocenters. The van der Waals surface area contributed by atoms with E-state index in [1.54, 1.807) is 4.90 Å². The topological polar surface area (TPSA) is 49.9 Å². The number of benzene rings is 2. The lowest BCUT2D eigenvalue weighted by molar-refractivity contribution is -0.138. The van der Waals surface area contributed by atoms with Gasteiger partial charge in [-0.15, -0.1) is 0 Å². The van der Waals surface area contributed by atoms with E-state index in [2.05, 4.69) is 0 Å². The second-order valence-corrected chi connectivity index (χ2v) is 5.44. The van der Waals surface area contributed by atoms with Crippen LogP contribution in [0.3, 0.4) is 0 Å². The molecule has 1 aliphatic heterocycles. The summed E-state index contributed by atoms with van der Waals surface area (Å²) in [7, 11) is 0. The van der Waals surface area contributed by atoms with E-state index in [4.69, 9.17) is 4.74 Å². The summed E-state index contributed by atoms with van der Waals surface area (Å²) in [6.45, 7) is 0.752. The molecule has 0 radical (unpaired) electrons. The van der Waals surface area contributed by atoms with Crippen LogP contribution in [0.4, 0.5) is 10.1 Å². The SMILES string of the molecule is O=C(COc1ccc(F)cc1)N1CCN(c2ccccc2)C(=O)C1. The highest BCUT2D eigenvalue weighted by molar-refractivity contribution is 5.98. The van der Waals surface area contributed by atoms with E-state index in [1.165, 1.54) is 29.2 Å². The highest BCUT2D eigenvalue weighted by Crippen LogP contribution is 2.17. The maximum absolute atomic E-state index is 12.8. The van der Waals surface area contributed by atoms with Crippen LogP contribution in [0.2, 0.25) is 0 Å². The maximum atomic E-state index is 12.8. The molecular formula is C18H17FN2O3. The first-order chi connectivity index (χ1) is 11.6. The van der Waals surface area contributed by atoms with Gasteiger partial charge in [-0.1, -0.05) is 18.2 Å². The van der Waals surface area contributed by atoms with Crippen molar-refractivity contribution in [3.8, 4) is 5.75 Å². The molecule has 0 aliphatic carbocycles. The normalized spacial score (nSPS) is 14.6. The monoisotopic (exact) mass is 328 g/mol. The molecule has 1 aliphatic rings. The number of piperazine rings is 1. The van der Waals surface area contributed by atoms with Gasteiger partial charge in [0, 0.05) is 18.8 Å². The molecule has 1 fully saturated rings. The third-order valence-electron chi connectivity index (χ3n) is 3.82. The number of hydrogen-bond acceptors (Lipinski definition) is 3. The number of carbonyl (C=O) groups is 2. The predicted molar refractivity (Wildman–Crippen MR) is 87.3 cm³/mol. The van der Waals surface area contributed by atoms with Crippen molar-refractivity contribution >= 4 is 17.5 Å². The third kappa shape index (κ3) is 3.71. The fourth-order valence-electron chi connectivity index (χ4n) is 2.53. The molecule has 124 valence electrons. The van der Waals surface area contributed by atoms with E-state index in [0.717, 1.165) is 5.69 Å². The fourth-order valence-corrected chi connectivity index (χ4v) is 2.53. The number of anilines is 1. The van der Waals surface area contributed by atoms with Crippen LogP contribution in [0.25, 0.3) is 0 Å². The van der Waals surface area contributed by atoms with E-state index >= 15 is 0 Å². The van der Waals surface area contributed by atoms with E-state index in [1.807, 2.05) is 30.3 Å². The van der Waals surface area contributed by atoms with Crippen molar-refractivity contribution in [2.45, 2.75) is 0 Å². The molecule has 2 aromatic rings. The molecule has 0 aromatic heterocycles. The van der Waals surface area contributed by atoms with Gasteiger partial charge in [0.25, 0.3) is 5.91 Å². The highest BCUT2D eigenvalue weighted by atomic mass is 19.1. The zero-order chi connectivity index (χ0) is 16.9. The number of rotatable bonds is 4. The summed E-state index contributed by atoms with van der Waals surface area (Å²) in [5.74, 6) is -0.335. The molecule has 5 nitrogen and oxygen atoms in total. The van der Waals surface area contributed by atoms with Crippen LogP contribution in [-0.2, 0) is 9.59 Å². The van der Waals surface area contributed by atoms with E-state index in [-0.39, 0.29) is 30.8 Å². The lowest BCUT2D eigenvalue weighted by Crippen LogP contribution is -2.53. The highest BCUT2D eigenvalue weighted by Gasteiger charge is 2.28. The van der Waals surface area contributed by atoms with Crippen LogP contribution in [0.1, 0.15) is 0 Å². The minimum atomic E-state index is -0.365. The van der Waals surface area contributed by atoms with Gasteiger partial charge in [-0.25, -0.2) is 4.39 Å². The Balaban J connectivity index is 1.54. The van der Waals surface area contributed by atoms with Crippen LogP contribution in [0.15, 0.2) is 54.6 Å². The summed E-state index contributed by atoms with van der Waals surface area (Å²) < 4.78 is 18.2. The fraction of sp³-hybridized carbons (Fsp3) is 0.222. The van der Waals surface area contributed by atoms with Crippen molar-refractivity contribution in [3.63, 3.8) is 0 Å². The van der Waals surface area contributed by atoms with Gasteiger partial charge in [0.15, 0.2) is 6.61 Å². The zero-order valence-electron chi connectivity index (χ0n) is 13.0. The minimum Gasteiger partial charge on any atom is -0.484 e. The number of hydrogen-bond donors (Lipinski definition) is 0. The van der Waals surface area contributed by atoms with Crippen molar-refractivity contribution in [2.75, 3.05) is 31.1 Å². The average Bonchev–Trinajstić information content (AvgIpc) is 2.61. The molecule has 24 heavy (non-hydrogen) atoms. The Bertz CT molecular complexity index is 719. The quantitative estimate of drug-likeness (QED) is 0.863. The summed E-state index contributed by atoms with van der Waals surface area (Å²) in [6.07, 6.45) is 0. The van der Waals surface area contributed by atoms with Gasteiger partial charge in [-0.2, -0.15) is 0 Å². The molecule has 0 unspecified atom stereocenters. The van der Waals surface area contributed by atoms with Crippen molar-refractivity contribution in [1.82, 2.24) is 4.90 Å². The second-order valence-electron chi connectivity index (χ2n) is 5.44. The van der Waals surface area contributed by atoms with Gasteiger partial charge in [0.05, 0.1) is 0 Å². The molecule has 3 rings (SSSR count). The first-order valence-corrected chi connectivity index (χ1v) is 7.65. The Hall–Kier alpha value is -2.89. The molecule has 6 heteroatoms. The van der Waals surface area contributed by atoms with E-state index in [9.17, 15) is 14.0 Å². The summed E-state index contributed by atoms with van der Waals surface area (Å²) in [6, 6.07) is 14.8. The molecule has 1 saturated heterocycles. The van der Waals surface area contributed by atoms with Crippen molar-refractivity contribution < 1.29 is 18.7 Å². The smallest absolute Gasteiger partial charge is 0.261 e. The molecule has 2 amide bonds. The van der Waals surface area contributed by atoms with E-state index in [0.29, 0.717) is 18.8 Å². The number of amides is 2. The van der Waals surface area contributed by atoms with Crippen LogP contribution < -0.4 is 9.64 Å². The van der Waals surface area contributed by atoms with Gasteiger partial charge in [0.2, 0.25) is 5.91 Å². The number of nitrogens with zero attached hydrogens (tertiary/aromatic N) is 2. The Labute approximate surface area is 139 Å². The Morgan fingerprint density at radius 3 is 2.42 bits per heavy atom. The summed E-state index contributed by atoms with van der Waals surface area (Å²) in [5, 5.41) is 0. The van der Waals surface area contributed by atoms with Crippen LogP contribution >= 0.6 is 0 Å². The maximum Gasteiger partial charge on any atom is 0.261 e. The van der Waals surface area contributed by atoms with Gasteiger partial charge in [0.1, 0.15) is 18.1 Å². The van der Waals surface area contributed by atoms with Gasteiger partial charge in [-0.3, -0.25) is 9.59 Å². The minimum absolute atomic E-state index is 0.0283. The van der Waals surface area contributed by atoms with Crippen LogP contribution in [0.5, 0.6) is 5.75 Å². The van der Waals surface area contributed by atoms with Gasteiger partial charge in [-0.05, 0) is 36.4 Å². The van der Waals surface area contributed by atoms with Crippen molar-refractivity contribution in [3.05, 3.63) is 60.4 Å². The van der Waals surface area contributed by atoms with Gasteiger partial charge >= 0.3 is 0 Å².